The maximum Gasteiger partial charge on any atom is 0.264 e. The topological polar surface area (TPSA) is 114 Å². The lowest BCUT2D eigenvalue weighted by molar-refractivity contribution is -0.111. The van der Waals surface area contributed by atoms with Crippen LogP contribution in [-0.2, 0) is 14.8 Å². The third-order valence-corrected chi connectivity index (χ3v) is 5.90. The Morgan fingerprint density at radius 2 is 1.55 bits per heavy atom. The highest BCUT2D eigenvalue weighted by atomic mass is 32.2. The van der Waals surface area contributed by atoms with Crippen molar-refractivity contribution < 1.29 is 13.2 Å². The number of nitrogens with zero attached hydrogens (tertiary/aromatic N) is 3. The van der Waals surface area contributed by atoms with Crippen LogP contribution in [-0.4, -0.2) is 29.3 Å². The number of hydrogen-bond acceptors (Lipinski definition) is 6. The number of amides is 1. The Labute approximate surface area is 191 Å². The second-order valence-corrected chi connectivity index (χ2v) is 8.57. The molecule has 164 valence electrons. The summed E-state index contributed by atoms with van der Waals surface area (Å²) in [5.41, 5.74) is 3.38. The Morgan fingerprint density at radius 1 is 0.818 bits per heavy atom. The first kappa shape index (κ1) is 21.8. The quantitative estimate of drug-likeness (QED) is 0.406. The van der Waals surface area contributed by atoms with Crippen molar-refractivity contribution >= 4 is 33.6 Å². The molecule has 33 heavy (non-hydrogen) atoms. The molecule has 2 heterocycles. The van der Waals surface area contributed by atoms with Crippen molar-refractivity contribution in [2.75, 3.05) is 10.0 Å². The first-order valence-electron chi connectivity index (χ1n) is 9.89. The molecule has 4 rings (SSSR count). The minimum absolute atomic E-state index is 0.0199. The summed E-state index contributed by atoms with van der Waals surface area (Å²) in [6.07, 6.45) is 9.50. The molecule has 0 saturated heterocycles. The standard InChI is InChI=1S/C24H19N5O3S/c30-23(13-6-18-4-7-19(8-5-18)20-3-1-14-25-17-20)28-21-9-11-22(12-10-21)33(31,32)29-24-26-15-2-16-27-24/h1-17H,(H,28,30)(H,26,27,29). The number of carbonyl (C=O) groups excluding carboxylic acids is 1. The molecule has 2 N–H and O–H groups in total. The summed E-state index contributed by atoms with van der Waals surface area (Å²) in [6.45, 7) is 0. The van der Waals surface area contributed by atoms with Gasteiger partial charge in [-0.05, 0) is 59.2 Å². The van der Waals surface area contributed by atoms with Crippen LogP contribution in [0, 0.1) is 0 Å². The molecule has 0 atom stereocenters. The summed E-state index contributed by atoms with van der Waals surface area (Å²) >= 11 is 0. The Balaban J connectivity index is 1.36. The molecule has 1 amide bonds. The van der Waals surface area contributed by atoms with Crippen molar-refractivity contribution in [3.63, 3.8) is 0 Å². The molecule has 0 unspecified atom stereocenters. The first-order valence-corrected chi connectivity index (χ1v) is 11.4. The Morgan fingerprint density at radius 3 is 2.21 bits per heavy atom. The van der Waals surface area contributed by atoms with E-state index in [1.165, 1.54) is 42.7 Å². The van der Waals surface area contributed by atoms with E-state index in [9.17, 15) is 13.2 Å². The fraction of sp³-hybridized carbons (Fsp3) is 0. The lowest BCUT2D eigenvalue weighted by atomic mass is 10.1. The second-order valence-electron chi connectivity index (χ2n) is 6.89. The lowest BCUT2D eigenvalue weighted by Crippen LogP contribution is -2.15. The monoisotopic (exact) mass is 457 g/mol. The van der Waals surface area contributed by atoms with Crippen LogP contribution in [0.1, 0.15) is 5.56 Å². The van der Waals surface area contributed by atoms with Crippen LogP contribution in [0.3, 0.4) is 0 Å². The molecule has 9 heteroatoms. The number of anilines is 2. The van der Waals surface area contributed by atoms with Crippen LogP contribution in [0.25, 0.3) is 17.2 Å². The van der Waals surface area contributed by atoms with Gasteiger partial charge in [0.05, 0.1) is 4.90 Å². The van der Waals surface area contributed by atoms with E-state index in [0.717, 1.165) is 16.7 Å². The van der Waals surface area contributed by atoms with Crippen molar-refractivity contribution in [2.24, 2.45) is 0 Å². The van der Waals surface area contributed by atoms with Crippen molar-refractivity contribution in [1.29, 1.82) is 0 Å². The van der Waals surface area contributed by atoms with E-state index >= 15 is 0 Å². The van der Waals surface area contributed by atoms with E-state index in [1.54, 1.807) is 24.5 Å². The van der Waals surface area contributed by atoms with Crippen LogP contribution in [0.4, 0.5) is 11.6 Å². The average Bonchev–Trinajstić information content (AvgIpc) is 2.84. The number of nitrogens with one attached hydrogen (secondary N) is 2. The minimum Gasteiger partial charge on any atom is -0.323 e. The average molecular weight is 458 g/mol. The van der Waals surface area contributed by atoms with E-state index in [2.05, 4.69) is 25.0 Å². The van der Waals surface area contributed by atoms with Crippen LogP contribution in [0.2, 0.25) is 0 Å². The molecule has 4 aromatic rings. The van der Waals surface area contributed by atoms with E-state index in [4.69, 9.17) is 0 Å². The molecule has 0 aliphatic heterocycles. The molecule has 0 aliphatic rings. The van der Waals surface area contributed by atoms with Crippen LogP contribution >= 0.6 is 0 Å². The number of rotatable bonds is 7. The zero-order valence-electron chi connectivity index (χ0n) is 17.3. The van der Waals surface area contributed by atoms with Gasteiger partial charge in [-0.3, -0.25) is 9.78 Å². The Kier molecular flexibility index (Phi) is 6.51. The van der Waals surface area contributed by atoms with E-state index in [0.29, 0.717) is 5.69 Å². The van der Waals surface area contributed by atoms with E-state index < -0.39 is 10.0 Å². The molecular weight excluding hydrogens is 438 g/mol. The highest BCUT2D eigenvalue weighted by Gasteiger charge is 2.15. The predicted octanol–water partition coefficient (Wildman–Crippen LogP) is 3.99. The first-order chi connectivity index (χ1) is 16.0. The highest BCUT2D eigenvalue weighted by Crippen LogP contribution is 2.19. The second kappa shape index (κ2) is 9.84. The minimum atomic E-state index is -3.83. The number of hydrogen-bond donors (Lipinski definition) is 2. The van der Waals surface area contributed by atoms with Crippen LogP contribution in [0.5, 0.6) is 0 Å². The van der Waals surface area contributed by atoms with Crippen molar-refractivity contribution in [3.8, 4) is 11.1 Å². The van der Waals surface area contributed by atoms with Gasteiger partial charge in [-0.15, -0.1) is 0 Å². The predicted molar refractivity (Wildman–Crippen MR) is 127 cm³/mol. The fourth-order valence-electron chi connectivity index (χ4n) is 2.92. The van der Waals surface area contributed by atoms with Crippen LogP contribution in [0.15, 0.2) is 102 Å². The van der Waals surface area contributed by atoms with E-state index in [1.807, 2.05) is 36.4 Å². The molecule has 0 spiro atoms. The normalized spacial score (nSPS) is 11.3. The molecule has 0 saturated carbocycles. The van der Waals surface area contributed by atoms with Gasteiger partial charge >= 0.3 is 0 Å². The molecule has 0 radical (unpaired) electrons. The van der Waals surface area contributed by atoms with Crippen LogP contribution < -0.4 is 10.0 Å². The maximum atomic E-state index is 12.4. The van der Waals surface area contributed by atoms with Crippen molar-refractivity contribution in [3.05, 3.63) is 103 Å². The molecule has 8 nitrogen and oxygen atoms in total. The lowest BCUT2D eigenvalue weighted by Gasteiger charge is -2.07. The third-order valence-electron chi connectivity index (χ3n) is 4.56. The van der Waals surface area contributed by atoms with Gasteiger partial charge < -0.3 is 5.32 Å². The van der Waals surface area contributed by atoms with Gasteiger partial charge in [0.2, 0.25) is 11.9 Å². The number of sulfonamides is 1. The third kappa shape index (κ3) is 5.86. The summed E-state index contributed by atoms with van der Waals surface area (Å²) in [5, 5.41) is 2.70. The number of carbonyl (C=O) groups is 1. The molecule has 0 bridgehead atoms. The molecule has 2 aromatic heterocycles. The zero-order valence-corrected chi connectivity index (χ0v) is 18.1. The SMILES string of the molecule is O=C(C=Cc1ccc(-c2cccnc2)cc1)Nc1ccc(S(=O)(=O)Nc2ncccn2)cc1. The largest absolute Gasteiger partial charge is 0.323 e. The van der Waals surface area contributed by atoms with Gasteiger partial charge in [0.25, 0.3) is 10.0 Å². The zero-order chi connectivity index (χ0) is 23.1. The number of pyridine rings is 1. The van der Waals surface area contributed by atoms with Gasteiger partial charge in [-0.25, -0.2) is 23.1 Å². The summed E-state index contributed by atoms with van der Waals surface area (Å²) < 4.78 is 27.1. The summed E-state index contributed by atoms with van der Waals surface area (Å²) in [5.74, 6) is -0.355. The van der Waals surface area contributed by atoms with Gasteiger partial charge in [0.1, 0.15) is 0 Å². The summed E-state index contributed by atoms with van der Waals surface area (Å²) in [7, 11) is -3.83. The molecule has 0 fully saturated rings. The van der Waals surface area contributed by atoms with Gasteiger partial charge in [-0.1, -0.05) is 30.3 Å². The van der Waals surface area contributed by atoms with Crippen molar-refractivity contribution in [1.82, 2.24) is 15.0 Å². The van der Waals surface area contributed by atoms with Crippen molar-refractivity contribution in [2.45, 2.75) is 4.90 Å². The highest BCUT2D eigenvalue weighted by molar-refractivity contribution is 7.92. The van der Waals surface area contributed by atoms with Gasteiger partial charge in [-0.2, -0.15) is 0 Å². The molecular formula is C24H19N5O3S. The van der Waals surface area contributed by atoms with E-state index in [-0.39, 0.29) is 16.8 Å². The maximum absolute atomic E-state index is 12.4. The molecule has 0 aliphatic carbocycles. The number of aromatic nitrogens is 3. The summed E-state index contributed by atoms with van der Waals surface area (Å²) in [4.78, 5) is 24.1. The number of benzene rings is 2. The summed E-state index contributed by atoms with van der Waals surface area (Å²) in [6, 6.07) is 19.0. The Bertz CT molecular complexity index is 1360. The molecule has 2 aromatic carbocycles. The smallest absolute Gasteiger partial charge is 0.264 e. The van der Waals surface area contributed by atoms with Gasteiger partial charge in [0.15, 0.2) is 0 Å². The fourth-order valence-corrected chi connectivity index (χ4v) is 3.88. The Hall–Kier alpha value is -4.37. The van der Waals surface area contributed by atoms with Gasteiger partial charge in [0, 0.05) is 36.6 Å².